The first-order valence-electron chi connectivity index (χ1n) is 9.36. The molecular formula is C23H23Cl3O3. The fraction of sp³-hybridized carbons (Fsp3) is 0.348. The van der Waals surface area contributed by atoms with Crippen molar-refractivity contribution in [3.8, 4) is 11.1 Å². The molecule has 0 unspecified atom stereocenters. The number of aliphatic hydroxyl groups excluding tert-OH is 1. The average molecular weight is 454 g/mol. The zero-order chi connectivity index (χ0) is 21.7. The van der Waals surface area contributed by atoms with Crippen molar-refractivity contribution < 1.29 is 14.6 Å². The minimum absolute atomic E-state index is 0.0687. The summed E-state index contributed by atoms with van der Waals surface area (Å²) >= 11 is 18.5. The number of ether oxygens (including phenoxy) is 1. The highest BCUT2D eigenvalue weighted by molar-refractivity contribution is 6.48. The molecule has 0 radical (unpaired) electrons. The lowest BCUT2D eigenvalue weighted by Crippen LogP contribution is -2.49. The van der Waals surface area contributed by atoms with Crippen LogP contribution >= 0.6 is 34.8 Å². The van der Waals surface area contributed by atoms with Crippen molar-refractivity contribution in [3.05, 3.63) is 62.3 Å². The van der Waals surface area contributed by atoms with E-state index in [1.165, 1.54) is 0 Å². The summed E-state index contributed by atoms with van der Waals surface area (Å²) in [7, 11) is 0. The molecule has 0 spiro atoms. The largest absolute Gasteiger partial charge is 0.508 e. The van der Waals surface area contributed by atoms with Crippen molar-refractivity contribution in [1.29, 1.82) is 0 Å². The van der Waals surface area contributed by atoms with E-state index in [-0.39, 0.29) is 17.1 Å². The summed E-state index contributed by atoms with van der Waals surface area (Å²) in [5.41, 5.74) is 1.46. The third kappa shape index (κ3) is 3.94. The molecule has 2 aromatic carbocycles. The molecule has 0 saturated heterocycles. The number of rotatable bonds is 3. The molecule has 0 aliphatic carbocycles. The van der Waals surface area contributed by atoms with E-state index in [9.17, 15) is 9.90 Å². The van der Waals surface area contributed by atoms with Gasteiger partial charge in [0.1, 0.15) is 17.0 Å². The Kier molecular flexibility index (Phi) is 5.83. The van der Waals surface area contributed by atoms with Crippen LogP contribution in [-0.4, -0.2) is 22.1 Å². The fourth-order valence-corrected chi connectivity index (χ4v) is 4.31. The fourth-order valence-electron chi connectivity index (χ4n) is 3.71. The number of carbonyl (C=O) groups excluding carboxylic acids is 1. The Hall–Kier alpha value is -1.52. The van der Waals surface area contributed by atoms with Gasteiger partial charge in [0.15, 0.2) is 5.78 Å². The third-order valence-electron chi connectivity index (χ3n) is 5.17. The lowest BCUT2D eigenvalue weighted by molar-refractivity contribution is -0.158. The number of halogens is 3. The van der Waals surface area contributed by atoms with Gasteiger partial charge in [-0.05, 0) is 74.6 Å². The quantitative estimate of drug-likeness (QED) is 0.496. The highest BCUT2D eigenvalue weighted by atomic mass is 35.5. The van der Waals surface area contributed by atoms with Crippen molar-refractivity contribution in [2.45, 2.75) is 52.2 Å². The van der Waals surface area contributed by atoms with Crippen LogP contribution in [0.3, 0.4) is 0 Å². The molecule has 2 aromatic rings. The van der Waals surface area contributed by atoms with Gasteiger partial charge in [0.05, 0.1) is 20.6 Å². The number of benzene rings is 2. The summed E-state index contributed by atoms with van der Waals surface area (Å²) in [5, 5.41) is 11.9. The number of carbonyl (C=O) groups is 1. The Morgan fingerprint density at radius 2 is 1.52 bits per heavy atom. The summed E-state index contributed by atoms with van der Waals surface area (Å²) in [5.74, 6) is -0.325. The van der Waals surface area contributed by atoms with Gasteiger partial charge >= 0.3 is 0 Å². The third-order valence-corrected chi connectivity index (χ3v) is 6.37. The Balaban J connectivity index is 2.27. The van der Waals surface area contributed by atoms with Crippen LogP contribution in [0.4, 0.5) is 0 Å². The first-order chi connectivity index (χ1) is 13.4. The van der Waals surface area contributed by atoms with E-state index < -0.39 is 11.2 Å². The first-order valence-corrected chi connectivity index (χ1v) is 10.5. The van der Waals surface area contributed by atoms with Crippen molar-refractivity contribution >= 4 is 46.2 Å². The Bertz CT molecular complexity index is 1010. The molecule has 0 aromatic heterocycles. The lowest BCUT2D eigenvalue weighted by atomic mass is 9.80. The van der Waals surface area contributed by atoms with Gasteiger partial charge in [-0.2, -0.15) is 0 Å². The van der Waals surface area contributed by atoms with Crippen LogP contribution < -0.4 is 0 Å². The normalized spacial score (nSPS) is 18.3. The van der Waals surface area contributed by atoms with Crippen molar-refractivity contribution in [1.82, 2.24) is 0 Å². The van der Waals surface area contributed by atoms with Gasteiger partial charge in [-0.1, -0.05) is 53.9 Å². The SMILES string of the molecule is CCc1ccc(-c2cc(Cl)c(Cl)c(Cl)c2)cc1C1=C(O)C(C)(C)OC(C)(C)C1=O. The maximum absolute atomic E-state index is 13.2. The summed E-state index contributed by atoms with van der Waals surface area (Å²) in [6.07, 6.45) is 0.698. The second-order valence-corrected chi connectivity index (χ2v) is 9.35. The van der Waals surface area contributed by atoms with Gasteiger partial charge in [0.25, 0.3) is 0 Å². The van der Waals surface area contributed by atoms with E-state index in [1.54, 1.807) is 39.8 Å². The molecule has 0 fully saturated rings. The zero-order valence-corrected chi connectivity index (χ0v) is 19.3. The highest BCUT2D eigenvalue weighted by Gasteiger charge is 2.47. The number of aryl methyl sites for hydroxylation is 1. The van der Waals surface area contributed by atoms with Crippen molar-refractivity contribution in [3.63, 3.8) is 0 Å². The minimum atomic E-state index is -1.06. The molecule has 0 amide bonds. The molecule has 6 heteroatoms. The topological polar surface area (TPSA) is 46.5 Å². The average Bonchev–Trinajstić information content (AvgIpc) is 2.63. The van der Waals surface area contributed by atoms with Crippen LogP contribution in [0, 0.1) is 0 Å². The zero-order valence-electron chi connectivity index (χ0n) is 17.0. The number of hydrogen-bond donors (Lipinski definition) is 1. The monoisotopic (exact) mass is 452 g/mol. The molecule has 1 N–H and O–H groups in total. The molecule has 3 nitrogen and oxygen atoms in total. The van der Waals surface area contributed by atoms with Gasteiger partial charge in [0.2, 0.25) is 0 Å². The van der Waals surface area contributed by atoms with Crippen LogP contribution in [0.2, 0.25) is 15.1 Å². The van der Waals surface area contributed by atoms with E-state index in [0.717, 1.165) is 16.7 Å². The maximum Gasteiger partial charge on any atom is 0.198 e. The number of Topliss-reactive ketones (excluding diaryl/α,β-unsaturated/α-hetero) is 1. The lowest BCUT2D eigenvalue weighted by Gasteiger charge is -2.40. The van der Waals surface area contributed by atoms with E-state index in [4.69, 9.17) is 39.5 Å². The van der Waals surface area contributed by atoms with E-state index in [0.29, 0.717) is 27.1 Å². The van der Waals surface area contributed by atoms with E-state index >= 15 is 0 Å². The van der Waals surface area contributed by atoms with E-state index in [1.807, 2.05) is 25.1 Å². The minimum Gasteiger partial charge on any atom is -0.508 e. The van der Waals surface area contributed by atoms with Gasteiger partial charge in [-0.25, -0.2) is 0 Å². The second-order valence-electron chi connectivity index (χ2n) is 8.15. The Morgan fingerprint density at radius 3 is 2.07 bits per heavy atom. The molecule has 1 aliphatic heterocycles. The van der Waals surface area contributed by atoms with Gasteiger partial charge < -0.3 is 9.84 Å². The highest BCUT2D eigenvalue weighted by Crippen LogP contribution is 2.42. The van der Waals surface area contributed by atoms with Crippen LogP contribution in [-0.2, 0) is 16.0 Å². The summed E-state index contributed by atoms with van der Waals surface area (Å²) in [4.78, 5) is 13.2. The Morgan fingerprint density at radius 1 is 0.931 bits per heavy atom. The predicted molar refractivity (Wildman–Crippen MR) is 120 cm³/mol. The summed E-state index contributed by atoms with van der Waals surface area (Å²) in [6.45, 7) is 8.96. The smallest absolute Gasteiger partial charge is 0.198 e. The standard InChI is InChI=1S/C23H23Cl3O3/c1-6-12-7-8-13(14-10-16(24)19(26)17(25)11-14)9-15(12)18-20(27)22(2,3)29-23(4,5)21(18)28/h7-11,27H,6H2,1-5H3. The molecule has 0 saturated carbocycles. The summed E-state index contributed by atoms with van der Waals surface area (Å²) in [6, 6.07) is 9.23. The predicted octanol–water partition coefficient (Wildman–Crippen LogP) is 7.30. The van der Waals surface area contributed by atoms with Crippen LogP contribution in [0.15, 0.2) is 36.1 Å². The molecule has 1 aliphatic rings. The van der Waals surface area contributed by atoms with Crippen LogP contribution in [0.5, 0.6) is 0 Å². The van der Waals surface area contributed by atoms with Crippen molar-refractivity contribution in [2.75, 3.05) is 0 Å². The molecule has 0 atom stereocenters. The van der Waals surface area contributed by atoms with Gasteiger partial charge in [-0.3, -0.25) is 4.79 Å². The first kappa shape index (κ1) is 22.2. The summed E-state index contributed by atoms with van der Waals surface area (Å²) < 4.78 is 5.86. The molecular weight excluding hydrogens is 431 g/mol. The van der Waals surface area contributed by atoms with Gasteiger partial charge in [-0.15, -0.1) is 0 Å². The molecule has 154 valence electrons. The van der Waals surface area contributed by atoms with Crippen LogP contribution in [0.25, 0.3) is 16.7 Å². The number of ketones is 1. The molecule has 0 bridgehead atoms. The Labute approximate surface area is 186 Å². The van der Waals surface area contributed by atoms with Crippen LogP contribution in [0.1, 0.15) is 45.7 Å². The van der Waals surface area contributed by atoms with Crippen molar-refractivity contribution in [2.24, 2.45) is 0 Å². The van der Waals surface area contributed by atoms with E-state index in [2.05, 4.69) is 0 Å². The second kappa shape index (κ2) is 7.63. The number of hydrogen-bond acceptors (Lipinski definition) is 3. The molecule has 29 heavy (non-hydrogen) atoms. The van der Waals surface area contributed by atoms with Gasteiger partial charge in [0, 0.05) is 0 Å². The molecule has 1 heterocycles. The number of aliphatic hydroxyl groups is 1. The molecule has 3 rings (SSSR count). The maximum atomic E-state index is 13.2.